The van der Waals surface area contributed by atoms with Crippen LogP contribution in [-0.4, -0.2) is 0 Å². The van der Waals surface area contributed by atoms with Gasteiger partial charge in [0.25, 0.3) is 0 Å². The molecular weight excluding hydrogens is 132 g/mol. The lowest BCUT2D eigenvalue weighted by Crippen LogP contribution is -2.20. The zero-order valence-corrected chi connectivity index (χ0v) is 7.27. The Morgan fingerprint density at radius 3 is 2.27 bits per heavy atom. The van der Waals surface area contributed by atoms with Gasteiger partial charge in [-0.3, -0.25) is 0 Å². The van der Waals surface area contributed by atoms with E-state index in [1.165, 1.54) is 25.7 Å². The molecule has 4 aliphatic carbocycles. The van der Waals surface area contributed by atoms with Gasteiger partial charge in [-0.2, -0.15) is 0 Å². The Bertz CT molecular complexity index is 208. The second-order valence-corrected chi connectivity index (χ2v) is 5.20. The Labute approximate surface area is 68.7 Å². The van der Waals surface area contributed by atoms with Gasteiger partial charge in [-0.05, 0) is 48.9 Å². The third kappa shape index (κ3) is 0.579. The van der Waals surface area contributed by atoms with Gasteiger partial charge in [0, 0.05) is 0 Å². The van der Waals surface area contributed by atoms with Crippen molar-refractivity contribution in [1.29, 1.82) is 0 Å². The predicted molar refractivity (Wildman–Crippen MR) is 46.2 cm³/mol. The molecular formula is C11H16. The molecule has 2 unspecified atom stereocenters. The monoisotopic (exact) mass is 148 g/mol. The smallest absolute Gasteiger partial charge is 0.0195 e. The van der Waals surface area contributed by atoms with Crippen molar-refractivity contribution in [3.8, 4) is 0 Å². The minimum absolute atomic E-state index is 0.747. The summed E-state index contributed by atoms with van der Waals surface area (Å²) in [6.07, 6.45) is 5.89. The van der Waals surface area contributed by atoms with Crippen LogP contribution in [0.5, 0.6) is 0 Å². The first-order valence-electron chi connectivity index (χ1n) is 4.88. The fraction of sp³-hybridized carbons (Fsp3) is 0.818. The summed E-state index contributed by atoms with van der Waals surface area (Å²) >= 11 is 0. The van der Waals surface area contributed by atoms with Crippen molar-refractivity contribution in [1.82, 2.24) is 0 Å². The summed E-state index contributed by atoms with van der Waals surface area (Å²) in [5, 5.41) is 0. The molecule has 4 rings (SSSR count). The molecule has 0 spiro atoms. The fourth-order valence-electron chi connectivity index (χ4n) is 3.96. The van der Waals surface area contributed by atoms with Crippen LogP contribution in [0.1, 0.15) is 32.6 Å². The van der Waals surface area contributed by atoms with Gasteiger partial charge in [0.05, 0.1) is 0 Å². The molecule has 0 heteroatoms. The highest BCUT2D eigenvalue weighted by atomic mass is 14.6. The molecule has 4 saturated carbocycles. The largest absolute Gasteiger partial charge is 0.0993 e. The molecule has 60 valence electrons. The van der Waals surface area contributed by atoms with E-state index >= 15 is 0 Å². The van der Waals surface area contributed by atoms with Crippen LogP contribution in [0.3, 0.4) is 0 Å². The molecule has 0 heterocycles. The molecule has 0 N–H and O–H groups in total. The van der Waals surface area contributed by atoms with Crippen LogP contribution in [0.2, 0.25) is 0 Å². The summed E-state index contributed by atoms with van der Waals surface area (Å²) in [6.45, 7) is 6.75. The van der Waals surface area contributed by atoms with E-state index in [0.717, 1.165) is 23.2 Å². The van der Waals surface area contributed by atoms with Crippen molar-refractivity contribution in [3.05, 3.63) is 12.2 Å². The van der Waals surface area contributed by atoms with Gasteiger partial charge >= 0.3 is 0 Å². The van der Waals surface area contributed by atoms with E-state index in [0.29, 0.717) is 0 Å². The second kappa shape index (κ2) is 1.57. The van der Waals surface area contributed by atoms with Crippen LogP contribution < -0.4 is 0 Å². The van der Waals surface area contributed by atoms with E-state index < -0.39 is 0 Å². The molecule has 0 amide bonds. The summed E-state index contributed by atoms with van der Waals surface area (Å²) in [7, 11) is 0. The molecule has 0 radical (unpaired) electrons. The summed E-state index contributed by atoms with van der Waals surface area (Å²) < 4.78 is 0. The Balaban J connectivity index is 2.08. The Kier molecular flexibility index (Phi) is 0.898. The van der Waals surface area contributed by atoms with E-state index in [4.69, 9.17) is 0 Å². The highest BCUT2D eigenvalue weighted by molar-refractivity contribution is 5.23. The number of hydrogen-bond acceptors (Lipinski definition) is 0. The highest BCUT2D eigenvalue weighted by Crippen LogP contribution is 2.66. The lowest BCUT2D eigenvalue weighted by molar-refractivity contribution is 0.260. The Morgan fingerprint density at radius 2 is 1.82 bits per heavy atom. The molecule has 0 nitrogen and oxygen atoms in total. The molecule has 11 heavy (non-hydrogen) atoms. The minimum atomic E-state index is 0.747. The second-order valence-electron chi connectivity index (χ2n) is 5.20. The van der Waals surface area contributed by atoms with Crippen LogP contribution in [-0.2, 0) is 0 Å². The van der Waals surface area contributed by atoms with Crippen molar-refractivity contribution >= 4 is 0 Å². The third-order valence-corrected chi connectivity index (χ3v) is 4.60. The average molecular weight is 148 g/mol. The maximum Gasteiger partial charge on any atom is -0.0195 e. The summed E-state index contributed by atoms with van der Waals surface area (Å²) in [4.78, 5) is 0. The molecule has 0 saturated heterocycles. The molecule has 2 atom stereocenters. The maximum absolute atomic E-state index is 4.24. The van der Waals surface area contributed by atoms with Crippen molar-refractivity contribution in [2.45, 2.75) is 32.6 Å². The Morgan fingerprint density at radius 1 is 1.27 bits per heavy atom. The lowest BCUT2D eigenvalue weighted by Gasteiger charge is -2.31. The van der Waals surface area contributed by atoms with E-state index in [9.17, 15) is 0 Å². The van der Waals surface area contributed by atoms with E-state index in [1.807, 2.05) is 0 Å². The quantitative estimate of drug-likeness (QED) is 0.463. The minimum Gasteiger partial charge on any atom is -0.0993 e. The van der Waals surface area contributed by atoms with E-state index in [1.54, 1.807) is 5.57 Å². The van der Waals surface area contributed by atoms with Crippen LogP contribution in [0.15, 0.2) is 12.2 Å². The van der Waals surface area contributed by atoms with Gasteiger partial charge in [-0.25, -0.2) is 0 Å². The summed E-state index contributed by atoms with van der Waals surface area (Å²) in [5.41, 5.74) is 2.35. The SMILES string of the molecule is C=C1C2CC3CC1CC3(C)C2. The lowest BCUT2D eigenvalue weighted by atomic mass is 9.74. The third-order valence-electron chi connectivity index (χ3n) is 4.60. The van der Waals surface area contributed by atoms with Gasteiger partial charge < -0.3 is 0 Å². The molecule has 4 bridgehead atoms. The van der Waals surface area contributed by atoms with Crippen LogP contribution >= 0.6 is 0 Å². The summed E-state index contributed by atoms with van der Waals surface area (Å²) in [5.74, 6) is 2.93. The highest BCUT2D eigenvalue weighted by Gasteiger charge is 2.56. The molecule has 0 aromatic carbocycles. The van der Waals surface area contributed by atoms with Gasteiger partial charge in [0.2, 0.25) is 0 Å². The fourth-order valence-corrected chi connectivity index (χ4v) is 3.96. The first kappa shape index (κ1) is 6.28. The van der Waals surface area contributed by atoms with Gasteiger partial charge in [0.15, 0.2) is 0 Å². The van der Waals surface area contributed by atoms with Crippen molar-refractivity contribution in [2.75, 3.05) is 0 Å². The van der Waals surface area contributed by atoms with Crippen LogP contribution in [0.25, 0.3) is 0 Å². The molecule has 4 aliphatic rings. The molecule has 0 aliphatic heterocycles. The Hall–Kier alpha value is -0.260. The number of hydrogen-bond donors (Lipinski definition) is 0. The molecule has 0 aromatic rings. The molecule has 4 fully saturated rings. The van der Waals surface area contributed by atoms with Gasteiger partial charge in [0.1, 0.15) is 0 Å². The van der Waals surface area contributed by atoms with E-state index in [2.05, 4.69) is 13.5 Å². The van der Waals surface area contributed by atoms with Gasteiger partial charge in [-0.1, -0.05) is 19.1 Å². The van der Waals surface area contributed by atoms with E-state index in [-0.39, 0.29) is 0 Å². The zero-order chi connectivity index (χ0) is 7.64. The first-order chi connectivity index (χ1) is 5.19. The topological polar surface area (TPSA) is 0 Å². The summed E-state index contributed by atoms with van der Waals surface area (Å²) in [6, 6.07) is 0. The van der Waals surface area contributed by atoms with Gasteiger partial charge in [-0.15, -0.1) is 0 Å². The van der Waals surface area contributed by atoms with Crippen molar-refractivity contribution in [3.63, 3.8) is 0 Å². The van der Waals surface area contributed by atoms with Crippen molar-refractivity contribution in [2.24, 2.45) is 23.2 Å². The maximum atomic E-state index is 4.24. The standard InChI is InChI=1S/C11H16/c1-7-8-3-10-4-9(7)6-11(10,2)5-8/h8-10H,1,3-6H2,2H3. The molecule has 0 aromatic heterocycles. The zero-order valence-electron chi connectivity index (χ0n) is 7.27. The number of allylic oxidation sites excluding steroid dienone is 1. The van der Waals surface area contributed by atoms with Crippen molar-refractivity contribution < 1.29 is 0 Å². The average Bonchev–Trinajstić information content (AvgIpc) is 2.31. The van der Waals surface area contributed by atoms with Crippen LogP contribution in [0.4, 0.5) is 0 Å². The van der Waals surface area contributed by atoms with Crippen LogP contribution in [0, 0.1) is 23.2 Å². The normalized spacial score (nSPS) is 59.4. The first-order valence-corrected chi connectivity index (χ1v) is 4.88. The number of rotatable bonds is 0. The predicted octanol–water partition coefficient (Wildman–Crippen LogP) is 3.00.